The lowest BCUT2D eigenvalue weighted by molar-refractivity contribution is -0.246. The standard InChI is InChI=1S/C18H21F5O3.H2/c1-10-8-24-17(25-9-10)11-2-4-12(5-3-11)18(22,23)26-13-6-14(19)16(21)15(20)7-13;/h6-7,10-12,17H,2-5,8-9H2,1H3;1H. The molecular formula is C18H23F5O3. The fourth-order valence-corrected chi connectivity index (χ4v) is 3.45. The first-order valence-corrected chi connectivity index (χ1v) is 8.71. The highest BCUT2D eigenvalue weighted by atomic mass is 19.3. The van der Waals surface area contributed by atoms with Gasteiger partial charge in [0.2, 0.25) is 0 Å². The largest absolute Gasteiger partial charge is 0.432 e. The van der Waals surface area contributed by atoms with E-state index in [1.807, 2.05) is 6.92 Å². The molecule has 3 nitrogen and oxygen atoms in total. The van der Waals surface area contributed by atoms with Crippen LogP contribution in [0.4, 0.5) is 22.0 Å². The molecule has 0 amide bonds. The van der Waals surface area contributed by atoms with Crippen molar-refractivity contribution in [3.05, 3.63) is 29.6 Å². The zero-order valence-corrected chi connectivity index (χ0v) is 14.3. The van der Waals surface area contributed by atoms with E-state index in [2.05, 4.69) is 4.74 Å². The molecule has 0 unspecified atom stereocenters. The van der Waals surface area contributed by atoms with Crippen LogP contribution >= 0.6 is 0 Å². The second-order valence-electron chi connectivity index (χ2n) is 7.12. The van der Waals surface area contributed by atoms with E-state index < -0.39 is 35.2 Å². The van der Waals surface area contributed by atoms with E-state index in [1.165, 1.54) is 0 Å². The summed E-state index contributed by atoms with van der Waals surface area (Å²) in [7, 11) is 0. The lowest BCUT2D eigenvalue weighted by Crippen LogP contribution is -2.41. The maximum absolute atomic E-state index is 14.4. The van der Waals surface area contributed by atoms with Crippen LogP contribution in [0.3, 0.4) is 0 Å². The lowest BCUT2D eigenvalue weighted by Gasteiger charge is -2.38. The number of hydrogen-bond donors (Lipinski definition) is 0. The minimum atomic E-state index is -3.61. The van der Waals surface area contributed by atoms with Gasteiger partial charge in [0.25, 0.3) is 0 Å². The SMILES string of the molecule is CC1COC(C2CCC(C(F)(F)Oc3cc(F)c(F)c(F)c3)CC2)OC1.[HH]. The van der Waals surface area contributed by atoms with Gasteiger partial charge < -0.3 is 14.2 Å². The first kappa shape index (κ1) is 19.4. The van der Waals surface area contributed by atoms with Crippen molar-refractivity contribution in [3.8, 4) is 5.75 Å². The predicted molar refractivity (Wildman–Crippen MR) is 84.3 cm³/mol. The van der Waals surface area contributed by atoms with Gasteiger partial charge in [-0.3, -0.25) is 0 Å². The number of benzene rings is 1. The molecule has 1 aromatic rings. The summed E-state index contributed by atoms with van der Waals surface area (Å²) in [6.07, 6.45) is -2.68. The van der Waals surface area contributed by atoms with Crippen molar-refractivity contribution < 1.29 is 37.6 Å². The van der Waals surface area contributed by atoms with E-state index in [0.717, 1.165) is 0 Å². The van der Waals surface area contributed by atoms with Crippen LogP contribution in [0.5, 0.6) is 5.75 Å². The van der Waals surface area contributed by atoms with Crippen molar-refractivity contribution in [2.45, 2.75) is 45.0 Å². The molecule has 8 heteroatoms. The average Bonchev–Trinajstić information content (AvgIpc) is 2.60. The van der Waals surface area contributed by atoms with Crippen molar-refractivity contribution >= 4 is 0 Å². The molecule has 0 N–H and O–H groups in total. The zero-order valence-electron chi connectivity index (χ0n) is 14.3. The first-order chi connectivity index (χ1) is 12.3. The molecule has 2 fully saturated rings. The highest BCUT2D eigenvalue weighted by molar-refractivity contribution is 5.25. The van der Waals surface area contributed by atoms with E-state index in [9.17, 15) is 22.0 Å². The van der Waals surface area contributed by atoms with Crippen molar-refractivity contribution in [1.29, 1.82) is 0 Å². The second kappa shape index (κ2) is 7.68. The van der Waals surface area contributed by atoms with Crippen LogP contribution < -0.4 is 4.74 Å². The monoisotopic (exact) mass is 382 g/mol. The Labute approximate surface area is 149 Å². The van der Waals surface area contributed by atoms with Crippen LogP contribution in [0.2, 0.25) is 0 Å². The number of rotatable bonds is 4. The van der Waals surface area contributed by atoms with Gasteiger partial charge in [0.1, 0.15) is 5.75 Å². The Hall–Kier alpha value is -1.41. The van der Waals surface area contributed by atoms with Crippen LogP contribution in [0.1, 0.15) is 34.0 Å². The molecule has 1 heterocycles. The van der Waals surface area contributed by atoms with E-state index >= 15 is 0 Å². The quantitative estimate of drug-likeness (QED) is 0.533. The van der Waals surface area contributed by atoms with Gasteiger partial charge in [-0.2, -0.15) is 8.78 Å². The third-order valence-electron chi connectivity index (χ3n) is 4.93. The molecule has 0 aromatic heterocycles. The van der Waals surface area contributed by atoms with Gasteiger partial charge in [0.15, 0.2) is 23.7 Å². The van der Waals surface area contributed by atoms with Crippen LogP contribution in [-0.4, -0.2) is 25.6 Å². The van der Waals surface area contributed by atoms with E-state index in [-0.39, 0.29) is 26.5 Å². The van der Waals surface area contributed by atoms with Crippen LogP contribution in [-0.2, 0) is 9.47 Å². The minimum absolute atomic E-state index is 0. The van der Waals surface area contributed by atoms with Gasteiger partial charge in [-0.05, 0) is 25.7 Å². The molecule has 0 atom stereocenters. The summed E-state index contributed by atoms with van der Waals surface area (Å²) in [6, 6.07) is 0.839. The summed E-state index contributed by atoms with van der Waals surface area (Å²) >= 11 is 0. The number of halogens is 5. The lowest BCUT2D eigenvalue weighted by atomic mass is 9.81. The highest BCUT2D eigenvalue weighted by Crippen LogP contribution is 2.42. The Balaban J connectivity index is 0.00000261. The molecule has 148 valence electrons. The second-order valence-corrected chi connectivity index (χ2v) is 7.12. The number of hydrogen-bond acceptors (Lipinski definition) is 3. The fourth-order valence-electron chi connectivity index (χ4n) is 3.45. The van der Waals surface area contributed by atoms with Crippen LogP contribution in [0, 0.1) is 35.2 Å². The highest BCUT2D eigenvalue weighted by Gasteiger charge is 2.45. The smallest absolute Gasteiger partial charge is 0.400 e. The van der Waals surface area contributed by atoms with Gasteiger partial charge in [-0.15, -0.1) is 0 Å². The van der Waals surface area contributed by atoms with Gasteiger partial charge >= 0.3 is 6.11 Å². The number of ether oxygens (including phenoxy) is 3. The zero-order chi connectivity index (χ0) is 18.9. The fraction of sp³-hybridized carbons (Fsp3) is 0.667. The van der Waals surface area contributed by atoms with Crippen molar-refractivity contribution in [3.63, 3.8) is 0 Å². The van der Waals surface area contributed by atoms with Gasteiger partial charge in [0.05, 0.1) is 19.1 Å². The Morgan fingerprint density at radius 3 is 2.08 bits per heavy atom. The normalized spacial score (nSPS) is 30.2. The first-order valence-electron chi connectivity index (χ1n) is 8.71. The summed E-state index contributed by atoms with van der Waals surface area (Å²) in [6.45, 7) is 3.18. The Morgan fingerprint density at radius 1 is 1.00 bits per heavy atom. The molecule has 1 saturated heterocycles. The topological polar surface area (TPSA) is 27.7 Å². The maximum Gasteiger partial charge on any atom is 0.400 e. The van der Waals surface area contributed by atoms with Crippen molar-refractivity contribution in [2.24, 2.45) is 17.8 Å². The van der Waals surface area contributed by atoms with E-state index in [0.29, 0.717) is 44.1 Å². The van der Waals surface area contributed by atoms with E-state index in [4.69, 9.17) is 9.47 Å². The molecule has 26 heavy (non-hydrogen) atoms. The molecule has 0 spiro atoms. The summed E-state index contributed by atoms with van der Waals surface area (Å²) in [5.74, 6) is -6.34. The van der Waals surface area contributed by atoms with Crippen molar-refractivity contribution in [2.75, 3.05) is 13.2 Å². The summed E-state index contributed by atoms with van der Waals surface area (Å²) in [5, 5.41) is 0. The Bertz CT molecular complexity index is 606. The third-order valence-corrected chi connectivity index (χ3v) is 4.93. The van der Waals surface area contributed by atoms with E-state index in [1.54, 1.807) is 0 Å². The van der Waals surface area contributed by atoms with Gasteiger partial charge in [-0.25, -0.2) is 13.2 Å². The third kappa shape index (κ3) is 4.28. The Kier molecular flexibility index (Phi) is 5.72. The summed E-state index contributed by atoms with van der Waals surface area (Å²) in [5.41, 5.74) is 0. The molecular weight excluding hydrogens is 359 g/mol. The average molecular weight is 382 g/mol. The van der Waals surface area contributed by atoms with Gasteiger partial charge in [-0.1, -0.05) is 6.92 Å². The molecule has 1 aromatic carbocycles. The molecule has 0 radical (unpaired) electrons. The van der Waals surface area contributed by atoms with Gasteiger partial charge in [0, 0.05) is 25.4 Å². The predicted octanol–water partition coefficient (Wildman–Crippen LogP) is 5.14. The molecule has 1 aliphatic carbocycles. The minimum Gasteiger partial charge on any atom is -0.432 e. The number of alkyl halides is 2. The summed E-state index contributed by atoms with van der Waals surface area (Å²) < 4.78 is 83.7. The Morgan fingerprint density at radius 2 is 1.54 bits per heavy atom. The molecule has 1 saturated carbocycles. The maximum atomic E-state index is 14.4. The molecule has 2 aliphatic rings. The molecule has 1 aliphatic heterocycles. The molecule has 0 bridgehead atoms. The summed E-state index contributed by atoms with van der Waals surface area (Å²) in [4.78, 5) is 0. The molecule has 3 rings (SSSR count). The van der Waals surface area contributed by atoms with Crippen LogP contribution in [0.15, 0.2) is 12.1 Å². The van der Waals surface area contributed by atoms with Crippen molar-refractivity contribution in [1.82, 2.24) is 0 Å². The van der Waals surface area contributed by atoms with Crippen LogP contribution in [0.25, 0.3) is 0 Å².